The predicted octanol–water partition coefficient (Wildman–Crippen LogP) is 5.18. The SMILES string of the molecule is COC(=O)c1c(-c2ccc(C)cc2)csc1NC(=O)/C=C/c1ccc(OC)c(OC)c1. The molecule has 7 heteroatoms. The zero-order valence-electron chi connectivity index (χ0n) is 17.7. The van der Waals surface area contributed by atoms with Gasteiger partial charge >= 0.3 is 5.97 Å². The minimum absolute atomic E-state index is 0.337. The van der Waals surface area contributed by atoms with Gasteiger partial charge in [0.05, 0.1) is 21.3 Å². The number of nitrogens with one attached hydrogen (secondary N) is 1. The van der Waals surface area contributed by atoms with Crippen LogP contribution in [0, 0.1) is 6.92 Å². The molecule has 0 aliphatic rings. The Morgan fingerprint density at radius 3 is 2.32 bits per heavy atom. The highest BCUT2D eigenvalue weighted by Crippen LogP contribution is 2.36. The van der Waals surface area contributed by atoms with Crippen LogP contribution in [0.5, 0.6) is 11.5 Å². The van der Waals surface area contributed by atoms with Gasteiger partial charge in [0.25, 0.3) is 0 Å². The molecule has 0 aliphatic carbocycles. The molecule has 3 rings (SSSR count). The molecule has 31 heavy (non-hydrogen) atoms. The van der Waals surface area contributed by atoms with Crippen molar-refractivity contribution in [3.8, 4) is 22.6 Å². The van der Waals surface area contributed by atoms with Gasteiger partial charge in [0.1, 0.15) is 10.6 Å². The van der Waals surface area contributed by atoms with Crippen LogP contribution >= 0.6 is 11.3 Å². The van der Waals surface area contributed by atoms with E-state index in [4.69, 9.17) is 14.2 Å². The molecule has 0 fully saturated rings. The second kappa shape index (κ2) is 9.95. The third-order valence-corrected chi connectivity index (χ3v) is 5.51. The van der Waals surface area contributed by atoms with Gasteiger partial charge in [-0.05, 0) is 36.3 Å². The van der Waals surface area contributed by atoms with Crippen LogP contribution in [0.2, 0.25) is 0 Å². The molecule has 1 N–H and O–H groups in total. The smallest absolute Gasteiger partial charge is 0.341 e. The van der Waals surface area contributed by atoms with Crippen molar-refractivity contribution in [2.24, 2.45) is 0 Å². The lowest BCUT2D eigenvalue weighted by Gasteiger charge is -2.08. The van der Waals surface area contributed by atoms with E-state index in [1.54, 1.807) is 32.4 Å². The summed E-state index contributed by atoms with van der Waals surface area (Å²) in [7, 11) is 4.43. The Bertz CT molecular complexity index is 1120. The summed E-state index contributed by atoms with van der Waals surface area (Å²) < 4.78 is 15.4. The highest BCUT2D eigenvalue weighted by molar-refractivity contribution is 7.15. The average molecular weight is 438 g/mol. The number of rotatable bonds is 7. The van der Waals surface area contributed by atoms with Crippen LogP contribution in [-0.2, 0) is 9.53 Å². The molecule has 0 bridgehead atoms. The molecule has 0 aliphatic heterocycles. The maximum absolute atomic E-state index is 12.5. The number of carbonyl (C=O) groups is 2. The van der Waals surface area contributed by atoms with Crippen molar-refractivity contribution in [3.05, 3.63) is 70.6 Å². The summed E-state index contributed by atoms with van der Waals surface area (Å²) in [5.41, 5.74) is 3.82. The van der Waals surface area contributed by atoms with Gasteiger partial charge < -0.3 is 19.5 Å². The molecule has 0 saturated heterocycles. The first-order valence-electron chi connectivity index (χ1n) is 9.44. The lowest BCUT2D eigenvalue weighted by molar-refractivity contribution is -0.111. The van der Waals surface area contributed by atoms with Gasteiger partial charge in [-0.3, -0.25) is 4.79 Å². The zero-order chi connectivity index (χ0) is 22.4. The maximum atomic E-state index is 12.5. The van der Waals surface area contributed by atoms with Crippen LogP contribution in [0.1, 0.15) is 21.5 Å². The summed E-state index contributed by atoms with van der Waals surface area (Å²) in [6.45, 7) is 2.00. The Morgan fingerprint density at radius 2 is 1.68 bits per heavy atom. The standard InChI is InChI=1S/C24H23NO5S/c1-15-5-9-17(10-6-15)18-14-31-23(22(18)24(27)30-4)25-21(26)12-8-16-7-11-19(28-2)20(13-16)29-3/h5-14H,1-4H3,(H,25,26)/b12-8+. The number of hydrogen-bond donors (Lipinski definition) is 1. The number of amides is 1. The Labute approximate surface area is 185 Å². The molecule has 0 radical (unpaired) electrons. The Morgan fingerprint density at radius 1 is 0.968 bits per heavy atom. The lowest BCUT2D eigenvalue weighted by atomic mass is 10.0. The van der Waals surface area contributed by atoms with Crippen molar-refractivity contribution >= 4 is 34.3 Å². The van der Waals surface area contributed by atoms with E-state index in [9.17, 15) is 9.59 Å². The number of aryl methyl sites for hydroxylation is 1. The van der Waals surface area contributed by atoms with Crippen molar-refractivity contribution in [1.82, 2.24) is 0 Å². The molecule has 6 nitrogen and oxygen atoms in total. The van der Waals surface area contributed by atoms with Crippen molar-refractivity contribution in [1.29, 1.82) is 0 Å². The van der Waals surface area contributed by atoms with Crippen LogP contribution in [0.25, 0.3) is 17.2 Å². The van der Waals surface area contributed by atoms with Gasteiger partial charge in [-0.1, -0.05) is 35.9 Å². The number of hydrogen-bond acceptors (Lipinski definition) is 6. The monoisotopic (exact) mass is 437 g/mol. The molecule has 160 valence electrons. The first-order chi connectivity index (χ1) is 15.0. The maximum Gasteiger partial charge on any atom is 0.341 e. The molecule has 1 heterocycles. The van der Waals surface area contributed by atoms with E-state index in [1.807, 2.05) is 42.6 Å². The normalized spacial score (nSPS) is 10.7. The van der Waals surface area contributed by atoms with Gasteiger partial charge in [0, 0.05) is 17.0 Å². The van der Waals surface area contributed by atoms with Crippen LogP contribution in [-0.4, -0.2) is 33.2 Å². The van der Waals surface area contributed by atoms with E-state index in [0.717, 1.165) is 22.3 Å². The highest BCUT2D eigenvalue weighted by Gasteiger charge is 2.21. The number of thiophene rings is 1. The summed E-state index contributed by atoms with van der Waals surface area (Å²) in [6.07, 6.45) is 3.05. The summed E-state index contributed by atoms with van der Waals surface area (Å²) in [6, 6.07) is 13.2. The fraction of sp³-hybridized carbons (Fsp3) is 0.167. The molecule has 0 saturated carbocycles. The van der Waals surface area contributed by atoms with Crippen LogP contribution in [0.15, 0.2) is 53.9 Å². The number of methoxy groups -OCH3 is 3. The number of esters is 1. The fourth-order valence-electron chi connectivity index (χ4n) is 2.98. The number of ether oxygens (including phenoxy) is 3. The molecular weight excluding hydrogens is 414 g/mol. The molecule has 0 spiro atoms. The van der Waals surface area contributed by atoms with E-state index in [1.165, 1.54) is 24.5 Å². The molecule has 1 amide bonds. The van der Waals surface area contributed by atoms with Gasteiger partial charge in [-0.2, -0.15) is 0 Å². The zero-order valence-corrected chi connectivity index (χ0v) is 18.5. The number of benzene rings is 2. The second-order valence-electron chi connectivity index (χ2n) is 6.65. The van der Waals surface area contributed by atoms with Gasteiger partial charge in [0.2, 0.25) is 5.91 Å². The van der Waals surface area contributed by atoms with Gasteiger partial charge in [-0.15, -0.1) is 11.3 Å². The molecular formula is C24H23NO5S. The summed E-state index contributed by atoms with van der Waals surface area (Å²) in [5, 5.41) is 5.06. The second-order valence-corrected chi connectivity index (χ2v) is 7.53. The van der Waals surface area contributed by atoms with E-state index in [-0.39, 0.29) is 5.91 Å². The van der Waals surface area contributed by atoms with Crippen molar-refractivity contribution in [3.63, 3.8) is 0 Å². The van der Waals surface area contributed by atoms with Crippen LogP contribution in [0.4, 0.5) is 5.00 Å². The summed E-state index contributed by atoms with van der Waals surface area (Å²) in [4.78, 5) is 25.0. The lowest BCUT2D eigenvalue weighted by Crippen LogP contribution is -2.11. The third-order valence-electron chi connectivity index (χ3n) is 4.61. The predicted molar refractivity (Wildman–Crippen MR) is 123 cm³/mol. The summed E-state index contributed by atoms with van der Waals surface area (Å²) >= 11 is 1.28. The Kier molecular flexibility index (Phi) is 7.10. The molecule has 0 atom stereocenters. The third kappa shape index (κ3) is 5.13. The average Bonchev–Trinajstić information content (AvgIpc) is 3.20. The number of anilines is 1. The minimum Gasteiger partial charge on any atom is -0.493 e. The van der Waals surface area contributed by atoms with Crippen LogP contribution in [0.3, 0.4) is 0 Å². The van der Waals surface area contributed by atoms with Gasteiger partial charge in [0.15, 0.2) is 11.5 Å². The first-order valence-corrected chi connectivity index (χ1v) is 10.3. The van der Waals surface area contributed by atoms with Crippen molar-refractivity contribution < 1.29 is 23.8 Å². The molecule has 2 aromatic carbocycles. The quantitative estimate of drug-likeness (QED) is 0.407. The van der Waals surface area contributed by atoms with Gasteiger partial charge in [-0.25, -0.2) is 4.79 Å². The van der Waals surface area contributed by atoms with Crippen molar-refractivity contribution in [2.75, 3.05) is 26.6 Å². The fourth-order valence-corrected chi connectivity index (χ4v) is 3.94. The number of carbonyl (C=O) groups excluding carboxylic acids is 2. The van der Waals surface area contributed by atoms with Crippen LogP contribution < -0.4 is 14.8 Å². The molecule has 3 aromatic rings. The van der Waals surface area contributed by atoms with E-state index in [2.05, 4.69) is 5.32 Å². The molecule has 1 aromatic heterocycles. The van der Waals surface area contributed by atoms with E-state index in [0.29, 0.717) is 22.1 Å². The Hall–Kier alpha value is -3.58. The van der Waals surface area contributed by atoms with Crippen molar-refractivity contribution in [2.45, 2.75) is 6.92 Å². The topological polar surface area (TPSA) is 73.9 Å². The minimum atomic E-state index is -0.504. The first kappa shape index (κ1) is 22.1. The van der Waals surface area contributed by atoms with E-state index >= 15 is 0 Å². The van der Waals surface area contributed by atoms with E-state index < -0.39 is 5.97 Å². The Balaban J connectivity index is 1.83. The molecule has 0 unspecified atom stereocenters. The largest absolute Gasteiger partial charge is 0.493 e. The highest BCUT2D eigenvalue weighted by atomic mass is 32.1. The summed E-state index contributed by atoms with van der Waals surface area (Å²) in [5.74, 6) is 0.307.